The molecule has 1 aromatic carbocycles. The summed E-state index contributed by atoms with van der Waals surface area (Å²) in [6.45, 7) is 2.90. The molecule has 0 bridgehead atoms. The number of aliphatic hydroxyl groups excluding tert-OH is 1. The van der Waals surface area contributed by atoms with E-state index in [-0.39, 0.29) is 0 Å². The van der Waals surface area contributed by atoms with Gasteiger partial charge in [-0.2, -0.15) is 0 Å². The van der Waals surface area contributed by atoms with Crippen LogP contribution in [0.15, 0.2) is 34.8 Å². The van der Waals surface area contributed by atoms with Crippen molar-refractivity contribution in [2.24, 2.45) is 0 Å². The molecule has 3 nitrogen and oxygen atoms in total. The van der Waals surface area contributed by atoms with Gasteiger partial charge < -0.3 is 15.2 Å². The number of rotatable bonds is 6. The summed E-state index contributed by atoms with van der Waals surface area (Å²) in [4.78, 5) is 0. The summed E-state index contributed by atoms with van der Waals surface area (Å²) < 4.78 is 6.54. The van der Waals surface area contributed by atoms with Crippen molar-refractivity contribution in [3.8, 4) is 5.75 Å². The third-order valence-corrected chi connectivity index (χ3v) is 3.79. The van der Waals surface area contributed by atoms with Gasteiger partial charge in [0.05, 0.1) is 4.47 Å². The first-order chi connectivity index (χ1) is 9.15. The molecule has 0 radical (unpaired) electrons. The lowest BCUT2D eigenvalue weighted by molar-refractivity contribution is 0.103. The normalized spacial score (nSPS) is 16.8. The Morgan fingerprint density at radius 2 is 2.16 bits per heavy atom. The van der Waals surface area contributed by atoms with E-state index in [4.69, 9.17) is 4.74 Å². The summed E-state index contributed by atoms with van der Waals surface area (Å²) >= 11 is 3.46. The Morgan fingerprint density at radius 3 is 2.84 bits per heavy atom. The highest BCUT2D eigenvalue weighted by atomic mass is 79.9. The molecular weight excluding hydrogens is 306 g/mol. The van der Waals surface area contributed by atoms with E-state index >= 15 is 0 Å². The van der Waals surface area contributed by atoms with E-state index in [1.54, 1.807) is 0 Å². The van der Waals surface area contributed by atoms with Gasteiger partial charge in [-0.1, -0.05) is 18.2 Å². The molecule has 1 atom stereocenters. The van der Waals surface area contributed by atoms with Gasteiger partial charge in [0.15, 0.2) is 0 Å². The van der Waals surface area contributed by atoms with Gasteiger partial charge in [-0.05, 0) is 53.4 Å². The Kier molecular flexibility index (Phi) is 5.43. The van der Waals surface area contributed by atoms with E-state index in [2.05, 4.69) is 33.4 Å². The topological polar surface area (TPSA) is 41.5 Å². The molecule has 1 aliphatic carbocycles. The first-order valence-electron chi connectivity index (χ1n) is 6.60. The fourth-order valence-electron chi connectivity index (χ4n) is 2.05. The highest BCUT2D eigenvalue weighted by Gasteiger charge is 2.12. The van der Waals surface area contributed by atoms with E-state index in [1.807, 2.05) is 25.1 Å². The molecule has 19 heavy (non-hydrogen) atoms. The molecule has 0 saturated heterocycles. The fraction of sp³-hybridized carbons (Fsp3) is 0.467. The van der Waals surface area contributed by atoms with E-state index in [9.17, 15) is 5.11 Å². The van der Waals surface area contributed by atoms with Crippen LogP contribution in [0.2, 0.25) is 0 Å². The van der Waals surface area contributed by atoms with Crippen LogP contribution in [0.3, 0.4) is 0 Å². The summed E-state index contributed by atoms with van der Waals surface area (Å²) in [5.41, 5.74) is 1.18. The van der Waals surface area contributed by atoms with Crippen molar-refractivity contribution < 1.29 is 9.84 Å². The van der Waals surface area contributed by atoms with Gasteiger partial charge >= 0.3 is 0 Å². The first kappa shape index (κ1) is 14.6. The quantitative estimate of drug-likeness (QED) is 0.790. The number of halogens is 1. The fourth-order valence-corrected chi connectivity index (χ4v) is 2.66. The van der Waals surface area contributed by atoms with Crippen LogP contribution in [0.25, 0.3) is 0 Å². The third kappa shape index (κ3) is 4.64. The molecule has 0 aromatic heterocycles. The van der Waals surface area contributed by atoms with Crippen molar-refractivity contribution >= 4 is 15.9 Å². The third-order valence-electron chi connectivity index (χ3n) is 3.17. The van der Waals surface area contributed by atoms with Crippen LogP contribution in [0.1, 0.15) is 18.4 Å². The molecule has 1 aliphatic rings. The van der Waals surface area contributed by atoms with Gasteiger partial charge in [0, 0.05) is 12.6 Å². The molecular formula is C15H20BrNO2. The number of aryl methyl sites for hydroxylation is 1. The smallest absolute Gasteiger partial charge is 0.133 e. The van der Waals surface area contributed by atoms with Crippen molar-refractivity contribution in [2.75, 3.05) is 13.2 Å². The molecule has 104 valence electrons. The minimum atomic E-state index is -0.492. The predicted molar refractivity (Wildman–Crippen MR) is 80.5 cm³/mol. The minimum absolute atomic E-state index is 0.300. The predicted octanol–water partition coefficient (Wildman–Crippen LogP) is 2.81. The van der Waals surface area contributed by atoms with Crippen LogP contribution in [-0.4, -0.2) is 30.4 Å². The van der Waals surface area contributed by atoms with Gasteiger partial charge in [-0.3, -0.25) is 0 Å². The first-order valence-corrected chi connectivity index (χ1v) is 7.40. The molecule has 1 unspecified atom stereocenters. The Balaban J connectivity index is 1.71. The maximum atomic E-state index is 9.89. The highest BCUT2D eigenvalue weighted by molar-refractivity contribution is 9.10. The molecule has 0 heterocycles. The summed E-state index contributed by atoms with van der Waals surface area (Å²) in [6, 6.07) is 6.39. The SMILES string of the molecule is Cc1ccc(OCC(O)CNC2CC=CC2)c(Br)c1. The standard InChI is InChI=1S/C15H20BrNO2/c1-11-6-7-15(14(16)8-11)19-10-13(18)9-17-12-4-2-3-5-12/h2-3,6-8,12-13,17-18H,4-5,9-10H2,1H3. The monoisotopic (exact) mass is 325 g/mol. The molecule has 0 aliphatic heterocycles. The van der Waals surface area contributed by atoms with Crippen LogP contribution < -0.4 is 10.1 Å². The zero-order valence-corrected chi connectivity index (χ0v) is 12.7. The van der Waals surface area contributed by atoms with E-state index in [1.165, 1.54) is 5.56 Å². The van der Waals surface area contributed by atoms with Crippen LogP contribution in [0.4, 0.5) is 0 Å². The Labute approximate surface area is 122 Å². The second-order valence-electron chi connectivity index (χ2n) is 4.95. The number of benzene rings is 1. The highest BCUT2D eigenvalue weighted by Crippen LogP contribution is 2.25. The lowest BCUT2D eigenvalue weighted by Gasteiger charge is -2.17. The molecule has 4 heteroatoms. The number of aliphatic hydroxyl groups is 1. The molecule has 2 rings (SSSR count). The molecule has 0 fully saturated rings. The van der Waals surface area contributed by atoms with Crippen LogP contribution in [-0.2, 0) is 0 Å². The van der Waals surface area contributed by atoms with Gasteiger partial charge in [0.2, 0.25) is 0 Å². The van der Waals surface area contributed by atoms with E-state index in [0.717, 1.165) is 23.1 Å². The molecule has 0 amide bonds. The lowest BCUT2D eigenvalue weighted by atomic mass is 10.2. The second kappa shape index (κ2) is 7.08. The molecule has 1 aromatic rings. The zero-order chi connectivity index (χ0) is 13.7. The van der Waals surface area contributed by atoms with Gasteiger partial charge in [0.1, 0.15) is 18.5 Å². The van der Waals surface area contributed by atoms with Crippen molar-refractivity contribution in [3.05, 3.63) is 40.4 Å². The minimum Gasteiger partial charge on any atom is -0.490 e. The molecule has 0 spiro atoms. The number of hydrogen-bond donors (Lipinski definition) is 2. The largest absolute Gasteiger partial charge is 0.490 e. The van der Waals surface area contributed by atoms with Crippen molar-refractivity contribution in [1.82, 2.24) is 5.32 Å². The summed E-state index contributed by atoms with van der Waals surface area (Å²) in [6.07, 6.45) is 5.95. The Hall–Kier alpha value is -0.840. The van der Waals surface area contributed by atoms with Crippen LogP contribution >= 0.6 is 15.9 Å². The summed E-state index contributed by atoms with van der Waals surface area (Å²) in [7, 11) is 0. The number of nitrogens with one attached hydrogen (secondary N) is 1. The molecule has 2 N–H and O–H groups in total. The Bertz CT molecular complexity index is 440. The molecule has 0 saturated carbocycles. The summed E-state index contributed by atoms with van der Waals surface area (Å²) in [5, 5.41) is 13.2. The van der Waals surface area contributed by atoms with E-state index in [0.29, 0.717) is 19.2 Å². The van der Waals surface area contributed by atoms with Gasteiger partial charge in [-0.15, -0.1) is 0 Å². The maximum Gasteiger partial charge on any atom is 0.133 e. The van der Waals surface area contributed by atoms with Crippen molar-refractivity contribution in [2.45, 2.75) is 31.9 Å². The van der Waals surface area contributed by atoms with Gasteiger partial charge in [0.25, 0.3) is 0 Å². The van der Waals surface area contributed by atoms with Crippen LogP contribution in [0.5, 0.6) is 5.75 Å². The van der Waals surface area contributed by atoms with Crippen LogP contribution in [0, 0.1) is 6.92 Å². The number of hydrogen-bond acceptors (Lipinski definition) is 3. The van der Waals surface area contributed by atoms with Crippen molar-refractivity contribution in [3.63, 3.8) is 0 Å². The second-order valence-corrected chi connectivity index (χ2v) is 5.80. The maximum absolute atomic E-state index is 9.89. The van der Waals surface area contributed by atoms with Crippen molar-refractivity contribution in [1.29, 1.82) is 0 Å². The number of ether oxygens (including phenoxy) is 1. The van der Waals surface area contributed by atoms with Gasteiger partial charge in [-0.25, -0.2) is 0 Å². The Morgan fingerprint density at radius 1 is 1.42 bits per heavy atom. The van der Waals surface area contributed by atoms with E-state index < -0.39 is 6.10 Å². The average Bonchev–Trinajstić information content (AvgIpc) is 2.88. The summed E-state index contributed by atoms with van der Waals surface area (Å²) in [5.74, 6) is 0.771. The zero-order valence-electron chi connectivity index (χ0n) is 11.1. The average molecular weight is 326 g/mol. The lowest BCUT2D eigenvalue weighted by Crippen LogP contribution is -2.36.